The van der Waals surface area contributed by atoms with E-state index in [2.05, 4.69) is 17.3 Å². The minimum absolute atomic E-state index is 0.178. The SMILES string of the molecule is CC(O)CNC(C)c1cnn(-c2ccccc2)c1. The van der Waals surface area contributed by atoms with Crippen LogP contribution in [0.4, 0.5) is 0 Å². The van der Waals surface area contributed by atoms with Crippen LogP contribution in [0.1, 0.15) is 25.5 Å². The molecule has 0 spiro atoms. The predicted molar refractivity (Wildman–Crippen MR) is 71.7 cm³/mol. The highest BCUT2D eigenvalue weighted by Gasteiger charge is 2.09. The summed E-state index contributed by atoms with van der Waals surface area (Å²) in [5.41, 5.74) is 2.16. The lowest BCUT2D eigenvalue weighted by Crippen LogP contribution is -2.26. The van der Waals surface area contributed by atoms with E-state index in [1.165, 1.54) is 0 Å². The molecule has 0 fully saturated rings. The first kappa shape index (κ1) is 12.8. The number of aliphatic hydroxyl groups excluding tert-OH is 1. The number of aromatic nitrogens is 2. The fourth-order valence-corrected chi connectivity index (χ4v) is 1.75. The maximum absolute atomic E-state index is 9.25. The van der Waals surface area contributed by atoms with Gasteiger partial charge < -0.3 is 10.4 Å². The molecule has 0 radical (unpaired) electrons. The molecule has 18 heavy (non-hydrogen) atoms. The van der Waals surface area contributed by atoms with Crippen molar-refractivity contribution >= 4 is 0 Å². The normalized spacial score (nSPS) is 14.4. The highest BCUT2D eigenvalue weighted by Crippen LogP contribution is 2.14. The van der Waals surface area contributed by atoms with Crippen molar-refractivity contribution in [2.75, 3.05) is 6.54 Å². The Morgan fingerprint density at radius 3 is 2.67 bits per heavy atom. The molecule has 0 aliphatic heterocycles. The lowest BCUT2D eigenvalue weighted by atomic mass is 10.2. The summed E-state index contributed by atoms with van der Waals surface area (Å²) in [7, 11) is 0. The molecule has 1 aromatic carbocycles. The summed E-state index contributed by atoms with van der Waals surface area (Å²) in [5.74, 6) is 0. The van der Waals surface area contributed by atoms with Gasteiger partial charge in [0.05, 0.1) is 18.0 Å². The molecular weight excluding hydrogens is 226 g/mol. The third kappa shape index (κ3) is 3.18. The van der Waals surface area contributed by atoms with E-state index >= 15 is 0 Å². The average Bonchev–Trinajstić information content (AvgIpc) is 2.86. The zero-order valence-corrected chi connectivity index (χ0v) is 10.7. The van der Waals surface area contributed by atoms with E-state index in [-0.39, 0.29) is 12.1 Å². The van der Waals surface area contributed by atoms with Gasteiger partial charge in [0.2, 0.25) is 0 Å². The standard InChI is InChI=1S/C14H19N3O/c1-11(18)8-15-12(2)13-9-16-17(10-13)14-6-4-3-5-7-14/h3-7,9-12,15,18H,8H2,1-2H3. The van der Waals surface area contributed by atoms with Crippen molar-refractivity contribution in [3.05, 3.63) is 48.3 Å². The number of aliphatic hydroxyl groups is 1. The van der Waals surface area contributed by atoms with Crippen molar-refractivity contribution in [2.45, 2.75) is 26.0 Å². The van der Waals surface area contributed by atoms with Gasteiger partial charge in [0.25, 0.3) is 0 Å². The smallest absolute Gasteiger partial charge is 0.0645 e. The molecule has 96 valence electrons. The van der Waals surface area contributed by atoms with Crippen LogP contribution in [0.2, 0.25) is 0 Å². The van der Waals surface area contributed by atoms with Crippen LogP contribution in [0.25, 0.3) is 5.69 Å². The molecule has 0 aliphatic carbocycles. The Balaban J connectivity index is 2.06. The Bertz CT molecular complexity index is 479. The molecule has 0 aliphatic rings. The van der Waals surface area contributed by atoms with Crippen LogP contribution >= 0.6 is 0 Å². The number of rotatable bonds is 5. The molecule has 2 aromatic rings. The number of hydrogen-bond acceptors (Lipinski definition) is 3. The summed E-state index contributed by atoms with van der Waals surface area (Å²) >= 11 is 0. The fraction of sp³-hybridized carbons (Fsp3) is 0.357. The molecule has 2 rings (SSSR count). The minimum atomic E-state index is -0.336. The highest BCUT2D eigenvalue weighted by molar-refractivity contribution is 5.31. The number of nitrogens with one attached hydrogen (secondary N) is 1. The van der Waals surface area contributed by atoms with Crippen LogP contribution in [0.3, 0.4) is 0 Å². The second kappa shape index (κ2) is 5.80. The quantitative estimate of drug-likeness (QED) is 0.846. The summed E-state index contributed by atoms with van der Waals surface area (Å²) in [6.07, 6.45) is 3.53. The largest absolute Gasteiger partial charge is 0.392 e. The Hall–Kier alpha value is -1.65. The Morgan fingerprint density at radius 1 is 1.28 bits per heavy atom. The molecule has 1 aromatic heterocycles. The van der Waals surface area contributed by atoms with Crippen molar-refractivity contribution in [3.63, 3.8) is 0 Å². The van der Waals surface area contributed by atoms with Crippen molar-refractivity contribution in [3.8, 4) is 5.69 Å². The molecule has 0 amide bonds. The van der Waals surface area contributed by atoms with Gasteiger partial charge in [-0.2, -0.15) is 5.10 Å². The van der Waals surface area contributed by atoms with Gasteiger partial charge in [-0.25, -0.2) is 4.68 Å². The zero-order valence-electron chi connectivity index (χ0n) is 10.7. The number of para-hydroxylation sites is 1. The molecular formula is C14H19N3O. The number of hydrogen-bond donors (Lipinski definition) is 2. The monoisotopic (exact) mass is 245 g/mol. The second-order valence-corrected chi connectivity index (χ2v) is 4.53. The fourth-order valence-electron chi connectivity index (χ4n) is 1.75. The van der Waals surface area contributed by atoms with Gasteiger partial charge in [0, 0.05) is 24.3 Å². The summed E-state index contributed by atoms with van der Waals surface area (Å²) in [6, 6.07) is 10.2. The van der Waals surface area contributed by atoms with Gasteiger partial charge in [-0.3, -0.25) is 0 Å². The van der Waals surface area contributed by atoms with Crippen LogP contribution < -0.4 is 5.32 Å². The van der Waals surface area contributed by atoms with E-state index < -0.39 is 0 Å². The maximum Gasteiger partial charge on any atom is 0.0645 e. The summed E-state index contributed by atoms with van der Waals surface area (Å²) in [4.78, 5) is 0. The highest BCUT2D eigenvalue weighted by atomic mass is 16.3. The van der Waals surface area contributed by atoms with Gasteiger partial charge in [0.15, 0.2) is 0 Å². The van der Waals surface area contributed by atoms with Crippen LogP contribution in [0.15, 0.2) is 42.7 Å². The van der Waals surface area contributed by atoms with E-state index in [1.54, 1.807) is 6.92 Å². The molecule has 0 bridgehead atoms. The van der Waals surface area contributed by atoms with E-state index in [0.29, 0.717) is 6.54 Å². The lowest BCUT2D eigenvalue weighted by molar-refractivity contribution is 0.187. The molecule has 2 atom stereocenters. The lowest BCUT2D eigenvalue weighted by Gasteiger charge is -2.13. The third-order valence-electron chi connectivity index (χ3n) is 2.84. The molecule has 2 N–H and O–H groups in total. The van der Waals surface area contributed by atoms with E-state index in [0.717, 1.165) is 11.3 Å². The molecule has 2 unspecified atom stereocenters. The van der Waals surface area contributed by atoms with Gasteiger partial charge in [-0.05, 0) is 26.0 Å². The number of nitrogens with zero attached hydrogens (tertiary/aromatic N) is 2. The van der Waals surface area contributed by atoms with E-state index in [1.807, 2.05) is 47.4 Å². The molecule has 0 saturated carbocycles. The van der Waals surface area contributed by atoms with Gasteiger partial charge in [-0.15, -0.1) is 0 Å². The van der Waals surface area contributed by atoms with Crippen LogP contribution in [0, 0.1) is 0 Å². The Morgan fingerprint density at radius 2 is 2.00 bits per heavy atom. The predicted octanol–water partition coefficient (Wildman–Crippen LogP) is 1.90. The van der Waals surface area contributed by atoms with Gasteiger partial charge >= 0.3 is 0 Å². The minimum Gasteiger partial charge on any atom is -0.392 e. The topological polar surface area (TPSA) is 50.1 Å². The van der Waals surface area contributed by atoms with Crippen molar-refractivity contribution in [1.29, 1.82) is 0 Å². The van der Waals surface area contributed by atoms with E-state index in [4.69, 9.17) is 0 Å². The first-order valence-corrected chi connectivity index (χ1v) is 6.18. The van der Waals surface area contributed by atoms with Crippen molar-refractivity contribution in [1.82, 2.24) is 15.1 Å². The van der Waals surface area contributed by atoms with E-state index in [9.17, 15) is 5.11 Å². The van der Waals surface area contributed by atoms with Gasteiger partial charge in [-0.1, -0.05) is 18.2 Å². The Labute approximate surface area is 107 Å². The summed E-state index contributed by atoms with van der Waals surface area (Å²) in [5, 5.41) is 16.9. The summed E-state index contributed by atoms with van der Waals surface area (Å²) < 4.78 is 1.86. The van der Waals surface area contributed by atoms with Crippen molar-refractivity contribution < 1.29 is 5.11 Å². The zero-order chi connectivity index (χ0) is 13.0. The molecule has 1 heterocycles. The Kier molecular flexibility index (Phi) is 4.12. The van der Waals surface area contributed by atoms with Crippen molar-refractivity contribution in [2.24, 2.45) is 0 Å². The van der Waals surface area contributed by atoms with Gasteiger partial charge in [0.1, 0.15) is 0 Å². The van der Waals surface area contributed by atoms with Crippen LogP contribution in [0.5, 0.6) is 0 Å². The average molecular weight is 245 g/mol. The van der Waals surface area contributed by atoms with Crippen LogP contribution in [-0.2, 0) is 0 Å². The first-order valence-electron chi connectivity index (χ1n) is 6.18. The van der Waals surface area contributed by atoms with Crippen LogP contribution in [-0.4, -0.2) is 27.5 Å². The number of benzene rings is 1. The third-order valence-corrected chi connectivity index (χ3v) is 2.84. The second-order valence-electron chi connectivity index (χ2n) is 4.53. The molecule has 4 nitrogen and oxygen atoms in total. The maximum atomic E-state index is 9.25. The first-order chi connectivity index (χ1) is 8.66. The molecule has 4 heteroatoms. The molecule has 0 saturated heterocycles. The summed E-state index contributed by atoms with van der Waals surface area (Å²) in [6.45, 7) is 4.42.